The van der Waals surface area contributed by atoms with E-state index in [1.54, 1.807) is 0 Å². The Kier molecular flexibility index (Phi) is 6.42. The van der Waals surface area contributed by atoms with E-state index >= 15 is 0 Å². The summed E-state index contributed by atoms with van der Waals surface area (Å²) in [5.74, 6) is -0.480. The molecule has 2 rings (SSSR count). The fourth-order valence-corrected chi connectivity index (χ4v) is 2.41. The van der Waals surface area contributed by atoms with Gasteiger partial charge >= 0.3 is 0 Å². The molecule has 6 heteroatoms. The van der Waals surface area contributed by atoms with Gasteiger partial charge in [-0.15, -0.1) is 0 Å². The molecule has 126 valence electrons. The van der Waals surface area contributed by atoms with Crippen LogP contribution in [0, 0.1) is 5.92 Å². The molecule has 0 heterocycles. The molecule has 0 aromatic heterocycles. The Bertz CT molecular complexity index is 541. The predicted octanol–water partition coefficient (Wildman–Crippen LogP) is 1.66. The molecule has 3 N–H and O–H groups in total. The Labute approximate surface area is 141 Å². The maximum Gasteiger partial charge on any atom is 0.245 e. The van der Waals surface area contributed by atoms with Crippen LogP contribution in [0.4, 0.5) is 0 Å². The van der Waals surface area contributed by atoms with Crippen LogP contribution >= 0.6 is 11.6 Å². The van der Waals surface area contributed by atoms with Crippen LogP contribution in [0.1, 0.15) is 31.7 Å². The van der Waals surface area contributed by atoms with Gasteiger partial charge in [0, 0.05) is 17.5 Å². The van der Waals surface area contributed by atoms with Crippen LogP contribution < -0.4 is 10.6 Å². The first-order valence-corrected chi connectivity index (χ1v) is 8.36. The summed E-state index contributed by atoms with van der Waals surface area (Å²) in [7, 11) is 0. The van der Waals surface area contributed by atoms with Crippen molar-refractivity contribution in [1.29, 1.82) is 0 Å². The van der Waals surface area contributed by atoms with Crippen molar-refractivity contribution in [2.45, 2.75) is 44.8 Å². The summed E-state index contributed by atoms with van der Waals surface area (Å²) in [5.41, 5.74) is 1.15. The van der Waals surface area contributed by atoms with E-state index in [-0.39, 0.29) is 17.7 Å². The molecule has 1 fully saturated rings. The second kappa shape index (κ2) is 8.31. The van der Waals surface area contributed by atoms with Gasteiger partial charge in [-0.1, -0.05) is 23.7 Å². The Balaban J connectivity index is 1.72. The highest BCUT2D eigenvalue weighted by molar-refractivity contribution is 6.30. The minimum atomic E-state index is -0.922. The maximum absolute atomic E-state index is 12.1. The lowest BCUT2D eigenvalue weighted by Gasteiger charge is -2.20. The van der Waals surface area contributed by atoms with Gasteiger partial charge in [-0.05, 0) is 50.3 Å². The van der Waals surface area contributed by atoms with Gasteiger partial charge in [0.05, 0.1) is 6.10 Å². The smallest absolute Gasteiger partial charge is 0.245 e. The number of hydrogen-bond donors (Lipinski definition) is 3. The average Bonchev–Trinajstić information content (AvgIpc) is 3.35. The van der Waals surface area contributed by atoms with Crippen LogP contribution in [0.25, 0.3) is 0 Å². The lowest BCUT2D eigenvalue weighted by atomic mass is 10.1. The highest BCUT2D eigenvalue weighted by Gasteiger charge is 2.34. The van der Waals surface area contributed by atoms with Crippen LogP contribution in [0.2, 0.25) is 5.02 Å². The number of hydrogen-bond acceptors (Lipinski definition) is 3. The number of carbonyl (C=O) groups excluding carboxylic acids is 2. The molecule has 0 saturated heterocycles. The highest BCUT2D eigenvalue weighted by atomic mass is 35.5. The monoisotopic (exact) mass is 338 g/mol. The fraction of sp³-hybridized carbons (Fsp3) is 0.529. The van der Waals surface area contributed by atoms with Gasteiger partial charge in [0.2, 0.25) is 11.8 Å². The van der Waals surface area contributed by atoms with Crippen molar-refractivity contribution in [3.63, 3.8) is 0 Å². The van der Waals surface area contributed by atoms with Gasteiger partial charge < -0.3 is 15.7 Å². The zero-order chi connectivity index (χ0) is 16.8. The van der Waals surface area contributed by atoms with Crippen LogP contribution in [0.3, 0.4) is 0 Å². The number of aliphatic hydroxyl groups excluding tert-OH is 1. The summed E-state index contributed by atoms with van der Waals surface area (Å²) in [4.78, 5) is 23.9. The maximum atomic E-state index is 12.1. The zero-order valence-corrected chi connectivity index (χ0v) is 14.0. The number of carbonyl (C=O) groups is 2. The first kappa shape index (κ1) is 17.8. The van der Waals surface area contributed by atoms with Crippen molar-refractivity contribution in [2.75, 3.05) is 6.54 Å². The van der Waals surface area contributed by atoms with Crippen molar-refractivity contribution in [3.8, 4) is 0 Å². The van der Waals surface area contributed by atoms with Crippen molar-refractivity contribution in [1.82, 2.24) is 10.6 Å². The molecular weight excluding hydrogens is 316 g/mol. The molecule has 0 radical (unpaired) electrons. The Morgan fingerprint density at radius 3 is 2.52 bits per heavy atom. The van der Waals surface area contributed by atoms with Gasteiger partial charge in [0.1, 0.15) is 6.04 Å². The van der Waals surface area contributed by atoms with Crippen molar-refractivity contribution < 1.29 is 14.7 Å². The summed E-state index contributed by atoms with van der Waals surface area (Å²) in [6.45, 7) is 2.00. The lowest BCUT2D eigenvalue weighted by Crippen LogP contribution is -2.53. The van der Waals surface area contributed by atoms with E-state index in [2.05, 4.69) is 10.6 Å². The molecule has 1 aliphatic rings. The number of nitrogens with one attached hydrogen (secondary N) is 2. The summed E-state index contributed by atoms with van der Waals surface area (Å²) >= 11 is 5.83. The standard InChI is InChI=1S/C17H23ClN2O3/c1-11(21)15(20-16(22)13-6-7-13)17(23)19-10-2-3-12-4-8-14(18)9-5-12/h4-5,8-9,11,13,15,21H,2-3,6-7,10H2,1H3,(H,19,23)(H,20,22). The van der Waals surface area contributed by atoms with E-state index in [1.807, 2.05) is 24.3 Å². The fourth-order valence-electron chi connectivity index (χ4n) is 2.29. The number of amides is 2. The second-order valence-corrected chi connectivity index (χ2v) is 6.46. The molecule has 0 aliphatic heterocycles. The molecule has 1 aromatic carbocycles. The van der Waals surface area contributed by atoms with E-state index < -0.39 is 12.1 Å². The van der Waals surface area contributed by atoms with E-state index in [4.69, 9.17) is 11.6 Å². The van der Waals surface area contributed by atoms with Gasteiger partial charge in [-0.2, -0.15) is 0 Å². The molecule has 23 heavy (non-hydrogen) atoms. The van der Waals surface area contributed by atoms with Gasteiger partial charge in [0.25, 0.3) is 0 Å². The first-order valence-electron chi connectivity index (χ1n) is 7.98. The van der Waals surface area contributed by atoms with Crippen molar-refractivity contribution in [3.05, 3.63) is 34.9 Å². The van der Waals surface area contributed by atoms with Crippen LogP contribution in [-0.4, -0.2) is 35.6 Å². The Morgan fingerprint density at radius 1 is 1.30 bits per heavy atom. The molecule has 1 aromatic rings. The van der Waals surface area contributed by atoms with Gasteiger partial charge in [-0.3, -0.25) is 9.59 Å². The highest BCUT2D eigenvalue weighted by Crippen LogP contribution is 2.28. The van der Waals surface area contributed by atoms with E-state index in [0.29, 0.717) is 11.6 Å². The molecule has 5 nitrogen and oxygen atoms in total. The van der Waals surface area contributed by atoms with E-state index in [0.717, 1.165) is 31.2 Å². The van der Waals surface area contributed by atoms with E-state index in [9.17, 15) is 14.7 Å². The van der Waals surface area contributed by atoms with Crippen molar-refractivity contribution in [2.24, 2.45) is 5.92 Å². The number of benzene rings is 1. The Hall–Kier alpha value is -1.59. The van der Waals surface area contributed by atoms with Crippen molar-refractivity contribution >= 4 is 23.4 Å². The summed E-state index contributed by atoms with van der Waals surface area (Å²) in [5, 5.41) is 15.8. The molecule has 0 bridgehead atoms. The third-order valence-corrected chi connectivity index (χ3v) is 4.12. The third-order valence-electron chi connectivity index (χ3n) is 3.87. The quantitative estimate of drug-likeness (QED) is 0.631. The summed E-state index contributed by atoms with van der Waals surface area (Å²) < 4.78 is 0. The SMILES string of the molecule is CC(O)C(NC(=O)C1CC1)C(=O)NCCCc1ccc(Cl)cc1. The topological polar surface area (TPSA) is 78.4 Å². The molecule has 2 atom stereocenters. The number of aryl methyl sites for hydroxylation is 1. The van der Waals surface area contributed by atoms with E-state index in [1.165, 1.54) is 6.92 Å². The number of aliphatic hydroxyl groups is 1. The van der Waals surface area contributed by atoms with Gasteiger partial charge in [0.15, 0.2) is 0 Å². The number of rotatable bonds is 8. The lowest BCUT2D eigenvalue weighted by molar-refractivity contribution is -0.132. The van der Waals surface area contributed by atoms with Gasteiger partial charge in [-0.25, -0.2) is 0 Å². The summed E-state index contributed by atoms with van der Waals surface area (Å²) in [6, 6.07) is 6.70. The number of halogens is 1. The Morgan fingerprint density at radius 2 is 1.96 bits per heavy atom. The molecule has 1 aliphatic carbocycles. The minimum absolute atomic E-state index is 0.00829. The first-order chi connectivity index (χ1) is 11.0. The van der Waals surface area contributed by atoms with Crippen LogP contribution in [0.15, 0.2) is 24.3 Å². The van der Waals surface area contributed by atoms with Crippen LogP contribution in [0.5, 0.6) is 0 Å². The normalized spacial score (nSPS) is 16.5. The largest absolute Gasteiger partial charge is 0.391 e. The molecule has 1 saturated carbocycles. The third kappa shape index (κ3) is 5.84. The molecule has 0 spiro atoms. The van der Waals surface area contributed by atoms with Crippen LogP contribution in [-0.2, 0) is 16.0 Å². The predicted molar refractivity (Wildman–Crippen MR) is 89.1 cm³/mol. The summed E-state index contributed by atoms with van der Waals surface area (Å²) in [6.07, 6.45) is 2.40. The second-order valence-electron chi connectivity index (χ2n) is 6.02. The molecular formula is C17H23ClN2O3. The molecule has 2 unspecified atom stereocenters. The minimum Gasteiger partial charge on any atom is -0.391 e. The zero-order valence-electron chi connectivity index (χ0n) is 13.2. The average molecular weight is 339 g/mol. The molecule has 2 amide bonds.